The lowest BCUT2D eigenvalue weighted by Crippen LogP contribution is -2.17. The van der Waals surface area contributed by atoms with Crippen LogP contribution in [0.3, 0.4) is 0 Å². The van der Waals surface area contributed by atoms with Crippen molar-refractivity contribution >= 4 is 43.6 Å². The fraction of sp³-hybridized carbons (Fsp3) is 0.324. The van der Waals surface area contributed by atoms with Gasteiger partial charge in [0.15, 0.2) is 17.5 Å². The van der Waals surface area contributed by atoms with Crippen LogP contribution in [0.5, 0.6) is 0 Å². The van der Waals surface area contributed by atoms with Crippen molar-refractivity contribution in [3.63, 3.8) is 0 Å². The molecule has 0 bridgehead atoms. The Balaban J connectivity index is 1.24. The number of benzene rings is 7. The maximum absolute atomic E-state index is 5.58. The van der Waals surface area contributed by atoms with E-state index in [0.29, 0.717) is 17.5 Å². The molecule has 0 aliphatic rings. The summed E-state index contributed by atoms with van der Waals surface area (Å²) in [6.45, 7) is 41.2. The lowest BCUT2D eigenvalue weighted by atomic mass is 9.79. The Kier molecular flexibility index (Phi) is 12.9. The quantitative estimate of drug-likeness (QED) is 0.166. The van der Waals surface area contributed by atoms with Crippen LogP contribution in [0, 0.1) is 0 Å². The molecule has 6 heteroatoms. The number of hydrogen-bond acceptors (Lipinski definition) is 4. The van der Waals surface area contributed by atoms with Crippen molar-refractivity contribution in [1.82, 2.24) is 29.1 Å². The van der Waals surface area contributed by atoms with Gasteiger partial charge in [-0.25, -0.2) is 15.0 Å². The second-order valence-corrected chi connectivity index (χ2v) is 28.7. The first-order chi connectivity index (χ1) is 37.4. The van der Waals surface area contributed by atoms with Crippen LogP contribution >= 0.6 is 0 Å². The van der Waals surface area contributed by atoms with E-state index in [-0.39, 0.29) is 32.5 Å². The molecule has 0 N–H and O–H groups in total. The summed E-state index contributed by atoms with van der Waals surface area (Å²) in [6.07, 6.45) is 3.99. The zero-order valence-electron chi connectivity index (χ0n) is 50.7. The van der Waals surface area contributed by atoms with Crippen molar-refractivity contribution < 1.29 is 0 Å². The number of rotatable bonds is 6. The maximum Gasteiger partial charge on any atom is 0.164 e. The Bertz CT molecular complexity index is 3950. The van der Waals surface area contributed by atoms with Crippen LogP contribution < -0.4 is 0 Å². The van der Waals surface area contributed by atoms with Gasteiger partial charge in [-0.15, -0.1) is 0 Å². The molecule has 0 amide bonds. The molecule has 80 heavy (non-hydrogen) atoms. The van der Waals surface area contributed by atoms with Crippen molar-refractivity contribution in [2.45, 2.75) is 157 Å². The molecule has 0 saturated heterocycles. The lowest BCUT2D eigenvalue weighted by Gasteiger charge is -2.26. The minimum Gasteiger partial charge on any atom is -0.309 e. The molecule has 0 aliphatic heterocycles. The fourth-order valence-corrected chi connectivity index (χ4v) is 11.3. The van der Waals surface area contributed by atoms with Crippen molar-refractivity contribution in [3.05, 3.63) is 191 Å². The fourth-order valence-electron chi connectivity index (χ4n) is 11.3. The molecule has 0 unspecified atom stereocenters. The molecular formula is C74H80N6. The third kappa shape index (κ3) is 9.94. The molecule has 406 valence electrons. The van der Waals surface area contributed by atoms with E-state index >= 15 is 0 Å². The Hall–Kier alpha value is -7.70. The van der Waals surface area contributed by atoms with Crippen LogP contribution in [0.4, 0.5) is 0 Å². The monoisotopic (exact) mass is 1050 g/mol. The molecule has 0 aliphatic carbocycles. The highest BCUT2D eigenvalue weighted by Crippen LogP contribution is 2.44. The van der Waals surface area contributed by atoms with E-state index in [2.05, 4.69) is 286 Å². The van der Waals surface area contributed by atoms with E-state index in [0.717, 1.165) is 61.3 Å². The van der Waals surface area contributed by atoms with Gasteiger partial charge in [0.25, 0.3) is 0 Å². The van der Waals surface area contributed by atoms with Gasteiger partial charge in [0.2, 0.25) is 0 Å². The summed E-state index contributed by atoms with van der Waals surface area (Å²) in [5.74, 6) is 1.90. The minimum atomic E-state index is -0.114. The molecule has 4 aromatic heterocycles. The van der Waals surface area contributed by atoms with Gasteiger partial charge < -0.3 is 9.13 Å². The first-order valence-electron chi connectivity index (χ1n) is 28.7. The zero-order chi connectivity index (χ0) is 57.2. The highest BCUT2D eigenvalue weighted by molar-refractivity contribution is 6.12. The van der Waals surface area contributed by atoms with Gasteiger partial charge in [0.05, 0.1) is 39.6 Å². The summed E-state index contributed by atoms with van der Waals surface area (Å²) in [5.41, 5.74) is 18.5. The van der Waals surface area contributed by atoms with Crippen molar-refractivity contribution in [2.75, 3.05) is 0 Å². The second-order valence-electron chi connectivity index (χ2n) is 28.7. The zero-order valence-corrected chi connectivity index (χ0v) is 50.7. The van der Waals surface area contributed by atoms with E-state index in [9.17, 15) is 0 Å². The number of para-hydroxylation sites is 2. The van der Waals surface area contributed by atoms with E-state index < -0.39 is 0 Å². The SMILES string of the molecule is CC(C)(C)c1cc(-c2nc(-c3cc(C(C)(C)C)cc(C(C)(C)C)c3)nc(-c3ccc(-n4c5ccccc5c5ccccc54)c(-c4ccncc4-n4c5ccc(C(C)(C)C)cc5c5cc(C(C)(C)C)ccc54)c3)n2)cc(C(C)(C)C)c1. The highest BCUT2D eigenvalue weighted by Gasteiger charge is 2.28. The number of pyridine rings is 1. The van der Waals surface area contributed by atoms with Gasteiger partial charge in [0.1, 0.15) is 0 Å². The van der Waals surface area contributed by atoms with E-state index in [4.69, 9.17) is 19.9 Å². The average molecular weight is 1050 g/mol. The standard InChI is InChI=1S/C74H80N6/c1-69(2,3)48-28-31-63-58(42-48)59-43-49(70(4,5)6)29-32-64(59)80(63)65-44-75-34-33-56(65)57-39-45(27-30-62(57)79-60-25-21-19-23-54(60)55-24-20-22-26-61(55)79)66-76-67(46-35-50(71(7,8)9)40-51(36-46)72(10,11)12)78-68(77-66)47-37-52(73(13,14)15)41-53(38-47)74(16,17)18/h19-44H,1-18H3. The lowest BCUT2D eigenvalue weighted by molar-refractivity contribution is 0.568. The van der Waals surface area contributed by atoms with Gasteiger partial charge in [-0.2, -0.15) is 0 Å². The molecule has 6 nitrogen and oxygen atoms in total. The summed E-state index contributed by atoms with van der Waals surface area (Å²) in [4.78, 5) is 21.6. The molecule has 0 saturated carbocycles. The van der Waals surface area contributed by atoms with Crippen LogP contribution in [0.15, 0.2) is 158 Å². The van der Waals surface area contributed by atoms with Crippen LogP contribution in [-0.2, 0) is 32.5 Å². The molecule has 0 atom stereocenters. The van der Waals surface area contributed by atoms with Gasteiger partial charge in [-0.3, -0.25) is 4.98 Å². The van der Waals surface area contributed by atoms with Crippen LogP contribution in [0.1, 0.15) is 158 Å². The van der Waals surface area contributed by atoms with E-state index in [1.165, 1.54) is 54.9 Å². The summed E-state index contributed by atoms with van der Waals surface area (Å²) in [7, 11) is 0. The van der Waals surface area contributed by atoms with Crippen molar-refractivity contribution in [2.24, 2.45) is 0 Å². The highest BCUT2D eigenvalue weighted by atomic mass is 15.0. The van der Waals surface area contributed by atoms with Gasteiger partial charge in [0, 0.05) is 55.6 Å². The predicted octanol–water partition coefficient (Wildman–Crippen LogP) is 19.9. The Morgan fingerprint density at radius 1 is 0.287 bits per heavy atom. The first kappa shape index (κ1) is 54.3. The van der Waals surface area contributed by atoms with Crippen LogP contribution in [0.25, 0.3) is 100 Å². The smallest absolute Gasteiger partial charge is 0.164 e. The molecule has 0 spiro atoms. The molecule has 7 aromatic carbocycles. The van der Waals surface area contributed by atoms with E-state index in [1.807, 2.05) is 6.20 Å². The number of hydrogen-bond donors (Lipinski definition) is 0. The maximum atomic E-state index is 5.58. The molecule has 0 fully saturated rings. The third-order valence-corrected chi connectivity index (χ3v) is 16.4. The Labute approximate surface area is 475 Å². The topological polar surface area (TPSA) is 61.4 Å². The van der Waals surface area contributed by atoms with Crippen LogP contribution in [-0.4, -0.2) is 29.1 Å². The summed E-state index contributed by atoms with van der Waals surface area (Å²) in [5, 5.41) is 4.85. The molecular weight excluding hydrogens is 973 g/mol. The molecule has 11 rings (SSSR count). The summed E-state index contributed by atoms with van der Waals surface area (Å²) in [6, 6.07) is 54.6. The molecule has 11 aromatic rings. The Morgan fingerprint density at radius 2 is 0.662 bits per heavy atom. The largest absolute Gasteiger partial charge is 0.309 e. The van der Waals surface area contributed by atoms with Gasteiger partial charge >= 0.3 is 0 Å². The average Bonchev–Trinajstić information content (AvgIpc) is 4.14. The third-order valence-electron chi connectivity index (χ3n) is 16.4. The van der Waals surface area contributed by atoms with Gasteiger partial charge in [-0.05, 0) is 151 Å². The summed E-state index contributed by atoms with van der Waals surface area (Å²) < 4.78 is 4.88. The first-order valence-corrected chi connectivity index (χ1v) is 28.7. The molecule has 0 radical (unpaired) electrons. The predicted molar refractivity (Wildman–Crippen MR) is 340 cm³/mol. The summed E-state index contributed by atoms with van der Waals surface area (Å²) >= 11 is 0. The van der Waals surface area contributed by atoms with Crippen LogP contribution in [0.2, 0.25) is 0 Å². The van der Waals surface area contributed by atoms with Gasteiger partial charge in [-0.1, -0.05) is 185 Å². The molecule has 4 heterocycles. The number of nitrogens with zero attached hydrogens (tertiary/aromatic N) is 6. The van der Waals surface area contributed by atoms with E-state index in [1.54, 1.807) is 0 Å². The van der Waals surface area contributed by atoms with Crippen molar-refractivity contribution in [1.29, 1.82) is 0 Å². The van der Waals surface area contributed by atoms with Crippen molar-refractivity contribution in [3.8, 4) is 56.7 Å². The number of aromatic nitrogens is 6. The number of fused-ring (bicyclic) bond motifs is 6. The minimum absolute atomic E-state index is 0.0370. The second kappa shape index (κ2) is 19.0. The normalized spacial score (nSPS) is 13.1. The Morgan fingerprint density at radius 3 is 1.07 bits per heavy atom.